The molecule has 3 nitrogen and oxygen atoms in total. The monoisotopic (exact) mass is 355 g/mol. The Morgan fingerprint density at radius 2 is 1.07 bits per heavy atom. The van der Waals surface area contributed by atoms with E-state index < -0.39 is 0 Å². The predicted octanol–water partition coefficient (Wildman–Crippen LogP) is 4.97. The van der Waals surface area contributed by atoms with E-state index in [0.717, 1.165) is 11.1 Å². The molecule has 1 heterocycles. The lowest BCUT2D eigenvalue weighted by Crippen LogP contribution is -2.43. The highest BCUT2D eigenvalue weighted by molar-refractivity contribution is 5.96. The molecule has 0 N–H and O–H groups in total. The smallest absolute Gasteiger partial charge is 0.254 e. The summed E-state index contributed by atoms with van der Waals surface area (Å²) in [6.45, 7) is 0. The average molecular weight is 355 g/mol. The summed E-state index contributed by atoms with van der Waals surface area (Å²) in [7, 11) is 0. The van der Waals surface area contributed by atoms with Crippen LogP contribution in [0.4, 0.5) is 0 Å². The zero-order chi connectivity index (χ0) is 18.6. The lowest BCUT2D eigenvalue weighted by molar-refractivity contribution is -0.124. The predicted molar refractivity (Wildman–Crippen MR) is 105 cm³/mol. The van der Waals surface area contributed by atoms with Crippen LogP contribution in [-0.4, -0.2) is 16.6 Å². The van der Waals surface area contributed by atoms with E-state index in [1.54, 1.807) is 0 Å². The third-order valence-corrected chi connectivity index (χ3v) is 5.14. The Labute approximate surface area is 159 Å². The number of rotatable bonds is 3. The Morgan fingerprint density at radius 1 is 0.667 bits per heavy atom. The first-order valence-corrected chi connectivity index (χ1v) is 9.23. The number of carbonyl (C=O) groups excluding carboxylic acids is 2. The van der Waals surface area contributed by atoms with E-state index in [0.29, 0.717) is 18.4 Å². The number of ketones is 1. The molecule has 134 valence electrons. The first kappa shape index (κ1) is 17.2. The van der Waals surface area contributed by atoms with Crippen molar-refractivity contribution in [3.8, 4) is 0 Å². The average Bonchev–Trinajstić information content (AvgIpc) is 2.74. The molecule has 0 spiro atoms. The number of Topliss-reactive ketones (excluding diaryl/α,β-unsaturated/α-hetero) is 1. The van der Waals surface area contributed by atoms with Crippen LogP contribution in [0.3, 0.4) is 0 Å². The van der Waals surface area contributed by atoms with Crippen LogP contribution >= 0.6 is 0 Å². The highest BCUT2D eigenvalue weighted by atomic mass is 16.2. The maximum absolute atomic E-state index is 13.5. The Balaban J connectivity index is 1.81. The van der Waals surface area contributed by atoms with Crippen LogP contribution in [0.15, 0.2) is 91.0 Å². The number of hydrogen-bond acceptors (Lipinski definition) is 2. The number of piperidine rings is 1. The van der Waals surface area contributed by atoms with Crippen molar-refractivity contribution in [2.75, 3.05) is 0 Å². The van der Waals surface area contributed by atoms with E-state index in [4.69, 9.17) is 0 Å². The number of carbonyl (C=O) groups is 2. The molecule has 0 unspecified atom stereocenters. The van der Waals surface area contributed by atoms with Crippen LogP contribution in [0.5, 0.6) is 0 Å². The van der Waals surface area contributed by atoms with Gasteiger partial charge in [0.05, 0.1) is 12.1 Å². The summed E-state index contributed by atoms with van der Waals surface area (Å²) < 4.78 is 0. The largest absolute Gasteiger partial charge is 0.324 e. The van der Waals surface area contributed by atoms with Gasteiger partial charge in [0, 0.05) is 18.4 Å². The van der Waals surface area contributed by atoms with Gasteiger partial charge < -0.3 is 4.90 Å². The van der Waals surface area contributed by atoms with Crippen molar-refractivity contribution in [2.45, 2.75) is 24.9 Å². The van der Waals surface area contributed by atoms with Gasteiger partial charge in [0.1, 0.15) is 5.78 Å². The van der Waals surface area contributed by atoms with Crippen LogP contribution in [0.1, 0.15) is 46.4 Å². The van der Waals surface area contributed by atoms with Crippen molar-refractivity contribution in [3.05, 3.63) is 108 Å². The quantitative estimate of drug-likeness (QED) is 0.665. The van der Waals surface area contributed by atoms with Gasteiger partial charge in [-0.3, -0.25) is 9.59 Å². The van der Waals surface area contributed by atoms with E-state index in [1.807, 2.05) is 95.9 Å². The molecule has 27 heavy (non-hydrogen) atoms. The SMILES string of the molecule is O=C1C[C@@H](c2ccccc2)N(C(=O)c2ccccc2)[C@H](c2ccccc2)C1. The standard InChI is InChI=1S/C24H21NO2/c26-21-16-22(18-10-4-1-5-11-18)25(24(27)20-14-8-3-9-15-20)23(17-21)19-12-6-2-7-13-19/h1-15,22-23H,16-17H2/t22-,23-/m0/s1. The summed E-state index contributed by atoms with van der Waals surface area (Å²) in [5, 5.41) is 0. The van der Waals surface area contributed by atoms with E-state index in [-0.39, 0.29) is 23.8 Å². The molecule has 0 aromatic heterocycles. The Hall–Kier alpha value is -3.20. The van der Waals surface area contributed by atoms with Crippen LogP contribution in [-0.2, 0) is 4.79 Å². The molecule has 1 fully saturated rings. The molecular formula is C24H21NO2. The van der Waals surface area contributed by atoms with Crippen molar-refractivity contribution < 1.29 is 9.59 Å². The molecule has 2 atom stereocenters. The van der Waals surface area contributed by atoms with E-state index in [2.05, 4.69) is 0 Å². The van der Waals surface area contributed by atoms with E-state index >= 15 is 0 Å². The topological polar surface area (TPSA) is 37.4 Å². The van der Waals surface area contributed by atoms with Gasteiger partial charge in [0.25, 0.3) is 5.91 Å². The molecule has 4 rings (SSSR count). The zero-order valence-electron chi connectivity index (χ0n) is 15.0. The first-order valence-electron chi connectivity index (χ1n) is 9.23. The van der Waals surface area contributed by atoms with Gasteiger partial charge >= 0.3 is 0 Å². The van der Waals surface area contributed by atoms with Gasteiger partial charge in [0.15, 0.2) is 0 Å². The van der Waals surface area contributed by atoms with Gasteiger partial charge in [-0.1, -0.05) is 78.9 Å². The maximum atomic E-state index is 13.5. The van der Waals surface area contributed by atoms with Gasteiger partial charge in [-0.15, -0.1) is 0 Å². The summed E-state index contributed by atoms with van der Waals surface area (Å²) in [5.74, 6) is 0.153. The molecule has 3 aromatic carbocycles. The second-order valence-corrected chi connectivity index (χ2v) is 6.88. The van der Waals surface area contributed by atoms with E-state index in [1.165, 1.54) is 0 Å². The van der Waals surface area contributed by atoms with Crippen LogP contribution in [0, 0.1) is 0 Å². The lowest BCUT2D eigenvalue weighted by atomic mass is 9.86. The molecule has 3 aromatic rings. The summed E-state index contributed by atoms with van der Waals surface area (Å²) >= 11 is 0. The number of hydrogen-bond donors (Lipinski definition) is 0. The molecule has 1 aliphatic heterocycles. The summed E-state index contributed by atoms with van der Waals surface area (Å²) in [6, 6.07) is 28.5. The fraction of sp³-hybridized carbons (Fsp3) is 0.167. The molecule has 0 aliphatic carbocycles. The van der Waals surface area contributed by atoms with Crippen LogP contribution < -0.4 is 0 Å². The van der Waals surface area contributed by atoms with Crippen molar-refractivity contribution in [1.29, 1.82) is 0 Å². The summed E-state index contributed by atoms with van der Waals surface area (Å²) in [4.78, 5) is 28.0. The van der Waals surface area contributed by atoms with Gasteiger partial charge in [-0.05, 0) is 23.3 Å². The molecule has 1 aliphatic rings. The van der Waals surface area contributed by atoms with E-state index in [9.17, 15) is 9.59 Å². The molecule has 0 saturated carbocycles. The summed E-state index contributed by atoms with van der Waals surface area (Å²) in [5.41, 5.74) is 2.64. The van der Waals surface area contributed by atoms with Gasteiger partial charge in [0.2, 0.25) is 0 Å². The molecule has 1 amide bonds. The van der Waals surface area contributed by atoms with Gasteiger partial charge in [-0.2, -0.15) is 0 Å². The molecule has 0 bridgehead atoms. The highest BCUT2D eigenvalue weighted by Crippen LogP contribution is 2.41. The lowest BCUT2D eigenvalue weighted by Gasteiger charge is -2.42. The molecule has 3 heteroatoms. The zero-order valence-corrected chi connectivity index (χ0v) is 15.0. The maximum Gasteiger partial charge on any atom is 0.254 e. The fourth-order valence-electron chi connectivity index (χ4n) is 3.85. The third-order valence-electron chi connectivity index (χ3n) is 5.14. The first-order chi connectivity index (χ1) is 13.2. The van der Waals surface area contributed by atoms with Gasteiger partial charge in [-0.25, -0.2) is 0 Å². The second kappa shape index (κ2) is 7.58. The number of benzene rings is 3. The molecular weight excluding hydrogens is 334 g/mol. The number of nitrogens with zero attached hydrogens (tertiary/aromatic N) is 1. The van der Waals surface area contributed by atoms with Crippen molar-refractivity contribution in [1.82, 2.24) is 4.90 Å². The normalized spacial score (nSPS) is 19.7. The van der Waals surface area contributed by atoms with Crippen LogP contribution in [0.25, 0.3) is 0 Å². The third kappa shape index (κ3) is 3.54. The minimum Gasteiger partial charge on any atom is -0.324 e. The van der Waals surface area contributed by atoms with Crippen molar-refractivity contribution in [2.24, 2.45) is 0 Å². The Bertz CT molecular complexity index is 871. The fourth-order valence-corrected chi connectivity index (χ4v) is 3.85. The Kier molecular flexibility index (Phi) is 4.84. The summed E-state index contributed by atoms with van der Waals surface area (Å²) in [6.07, 6.45) is 0.706. The highest BCUT2D eigenvalue weighted by Gasteiger charge is 2.39. The number of amides is 1. The number of likely N-dealkylation sites (tertiary alicyclic amines) is 1. The van der Waals surface area contributed by atoms with Crippen molar-refractivity contribution in [3.63, 3.8) is 0 Å². The minimum absolute atomic E-state index is 0.0363. The van der Waals surface area contributed by atoms with Crippen LogP contribution in [0.2, 0.25) is 0 Å². The second-order valence-electron chi connectivity index (χ2n) is 6.88. The molecule has 1 saturated heterocycles. The molecule has 0 radical (unpaired) electrons. The minimum atomic E-state index is -0.259. The van der Waals surface area contributed by atoms with Crippen molar-refractivity contribution >= 4 is 11.7 Å². The Morgan fingerprint density at radius 3 is 1.52 bits per heavy atom.